The van der Waals surface area contributed by atoms with E-state index in [9.17, 15) is 34.5 Å². The Balaban J connectivity index is 2.74. The fraction of sp³-hybridized carbons (Fsp3) is 0.672. The maximum absolute atomic E-state index is 13.1. The van der Waals surface area contributed by atoms with Crippen LogP contribution in [0.25, 0.3) is 0 Å². The van der Waals surface area contributed by atoms with Crippen LogP contribution in [-0.4, -0.2) is 89.2 Å². The Hall–Kier alpha value is -4.36. The summed E-state index contributed by atoms with van der Waals surface area (Å²) in [6.45, 7) is 5.70. The second-order valence-corrected chi connectivity index (χ2v) is 18.8. The molecular weight excluding hydrogens is 925 g/mol. The zero-order valence-electron chi connectivity index (χ0n) is 45.3. The van der Waals surface area contributed by atoms with Gasteiger partial charge in [-0.3, -0.25) is 14.4 Å². The van der Waals surface area contributed by atoms with E-state index >= 15 is 0 Å². The molecule has 1 heterocycles. The van der Waals surface area contributed by atoms with Crippen molar-refractivity contribution < 1.29 is 58.2 Å². The number of carboxylic acid groups (broad SMARTS) is 1. The van der Waals surface area contributed by atoms with Crippen molar-refractivity contribution in [3.8, 4) is 0 Å². The van der Waals surface area contributed by atoms with E-state index in [0.29, 0.717) is 25.7 Å². The molecule has 1 aliphatic rings. The third-order valence-electron chi connectivity index (χ3n) is 12.2. The van der Waals surface area contributed by atoms with Gasteiger partial charge in [0.1, 0.15) is 18.8 Å². The molecule has 0 spiro atoms. The summed E-state index contributed by atoms with van der Waals surface area (Å²) in [5, 5.41) is 31.4. The summed E-state index contributed by atoms with van der Waals surface area (Å²) in [7, 11) is 0. The molecular formula is C61H98O12. The summed E-state index contributed by atoms with van der Waals surface area (Å²) in [5.41, 5.74) is 0. The molecule has 0 bridgehead atoms. The van der Waals surface area contributed by atoms with Gasteiger partial charge in [0, 0.05) is 19.3 Å². The smallest absolute Gasteiger partial charge is 0.335 e. The summed E-state index contributed by atoms with van der Waals surface area (Å²) < 4.78 is 28.3. The monoisotopic (exact) mass is 1020 g/mol. The highest BCUT2D eigenvalue weighted by molar-refractivity contribution is 5.74. The number of allylic oxidation sites excluding steroid dienone is 16. The molecule has 1 aliphatic heterocycles. The van der Waals surface area contributed by atoms with Gasteiger partial charge in [0.05, 0.1) is 6.61 Å². The van der Waals surface area contributed by atoms with E-state index in [-0.39, 0.29) is 25.9 Å². The van der Waals surface area contributed by atoms with Gasteiger partial charge in [0.2, 0.25) is 0 Å². The van der Waals surface area contributed by atoms with Crippen LogP contribution in [0.5, 0.6) is 0 Å². The number of aliphatic hydroxyl groups is 2. The molecule has 12 heteroatoms. The second kappa shape index (κ2) is 48.6. The number of esters is 3. The maximum Gasteiger partial charge on any atom is 0.335 e. The second-order valence-electron chi connectivity index (χ2n) is 18.8. The van der Waals surface area contributed by atoms with Gasteiger partial charge in [-0.15, -0.1) is 0 Å². The minimum atomic E-state index is -1.93. The Morgan fingerprint density at radius 2 is 0.877 bits per heavy atom. The molecule has 1 saturated heterocycles. The number of carbonyl (C=O) groups excluding carboxylic acids is 3. The van der Waals surface area contributed by atoms with Crippen molar-refractivity contribution in [3.05, 3.63) is 97.2 Å². The highest BCUT2D eigenvalue weighted by Gasteiger charge is 2.50. The van der Waals surface area contributed by atoms with Crippen molar-refractivity contribution in [2.45, 2.75) is 250 Å². The molecule has 6 atom stereocenters. The van der Waals surface area contributed by atoms with Crippen molar-refractivity contribution in [1.29, 1.82) is 0 Å². The van der Waals surface area contributed by atoms with E-state index in [1.807, 2.05) is 12.2 Å². The van der Waals surface area contributed by atoms with E-state index in [4.69, 9.17) is 23.7 Å². The van der Waals surface area contributed by atoms with Crippen LogP contribution in [0.2, 0.25) is 0 Å². The van der Waals surface area contributed by atoms with Gasteiger partial charge in [-0.2, -0.15) is 0 Å². The highest BCUT2D eigenvalue weighted by atomic mass is 16.7. The third-order valence-corrected chi connectivity index (χ3v) is 12.2. The number of ether oxygens (including phenoxy) is 5. The fourth-order valence-corrected chi connectivity index (χ4v) is 7.89. The number of carboxylic acids is 1. The van der Waals surface area contributed by atoms with Gasteiger partial charge >= 0.3 is 23.9 Å². The zero-order chi connectivity index (χ0) is 53.3. The molecule has 6 unspecified atom stereocenters. The molecule has 0 amide bonds. The number of carbonyl (C=O) groups is 4. The van der Waals surface area contributed by atoms with Gasteiger partial charge in [0.25, 0.3) is 0 Å². The summed E-state index contributed by atoms with van der Waals surface area (Å²) in [5.74, 6) is -3.23. The quantitative estimate of drug-likeness (QED) is 0.0228. The minimum absolute atomic E-state index is 0.0227. The molecule has 0 saturated carbocycles. The zero-order valence-corrected chi connectivity index (χ0v) is 45.3. The van der Waals surface area contributed by atoms with Crippen LogP contribution < -0.4 is 0 Å². The summed E-state index contributed by atoms with van der Waals surface area (Å²) >= 11 is 0. The van der Waals surface area contributed by atoms with Gasteiger partial charge in [-0.25, -0.2) is 4.79 Å². The van der Waals surface area contributed by atoms with E-state index in [0.717, 1.165) is 103 Å². The van der Waals surface area contributed by atoms with Crippen LogP contribution in [0.15, 0.2) is 97.2 Å². The lowest BCUT2D eigenvalue weighted by molar-refractivity contribution is -0.301. The minimum Gasteiger partial charge on any atom is -0.479 e. The van der Waals surface area contributed by atoms with E-state index in [2.05, 4.69) is 106 Å². The van der Waals surface area contributed by atoms with E-state index in [1.165, 1.54) is 44.9 Å². The topological polar surface area (TPSA) is 175 Å². The standard InChI is InChI=1S/C61H98O12/c1-4-7-10-13-16-19-22-24-26-27-29-31-34-37-40-43-46-49-55(64)72-59-57(66)56(65)58(60(67)68)73-61(59)70-51-52(71-54(63)48-45-42-39-36-32-21-18-15-12-9-6-3)50-69-53(62)47-44-41-38-35-33-30-28-25-23-20-17-14-11-8-5-2/h7-8,10-11,16-17,19-20,24-26,28-29,31,37,40,52,56-59,61,65-66H,4-6,9,12-15,18,21-23,27,30,32-36,38-39,41-51H2,1-3H3,(H,67,68)/b10-7-,11-8-,19-16-,20-17-,26-24-,28-25-,31-29-,40-37-. The first-order valence-corrected chi connectivity index (χ1v) is 28.2. The molecule has 1 rings (SSSR count). The van der Waals surface area contributed by atoms with Crippen LogP contribution in [0.1, 0.15) is 213 Å². The third kappa shape index (κ3) is 38.8. The maximum atomic E-state index is 13.1. The van der Waals surface area contributed by atoms with E-state index in [1.54, 1.807) is 0 Å². The first kappa shape index (κ1) is 66.7. The number of hydrogen-bond donors (Lipinski definition) is 3. The molecule has 73 heavy (non-hydrogen) atoms. The Bertz CT molecular complexity index is 1640. The van der Waals surface area contributed by atoms with Crippen LogP contribution in [0.4, 0.5) is 0 Å². The van der Waals surface area contributed by atoms with Crippen molar-refractivity contribution in [1.82, 2.24) is 0 Å². The van der Waals surface area contributed by atoms with Crippen molar-refractivity contribution in [2.24, 2.45) is 0 Å². The number of rotatable bonds is 46. The highest BCUT2D eigenvalue weighted by Crippen LogP contribution is 2.26. The van der Waals surface area contributed by atoms with Gasteiger partial charge < -0.3 is 39.0 Å². The molecule has 12 nitrogen and oxygen atoms in total. The molecule has 0 aromatic rings. The molecule has 0 aromatic heterocycles. The van der Waals surface area contributed by atoms with Crippen LogP contribution >= 0.6 is 0 Å². The first-order valence-electron chi connectivity index (χ1n) is 28.2. The molecule has 3 N–H and O–H groups in total. The van der Waals surface area contributed by atoms with Crippen LogP contribution in [-0.2, 0) is 42.9 Å². The predicted molar refractivity (Wildman–Crippen MR) is 294 cm³/mol. The summed E-state index contributed by atoms with van der Waals surface area (Å²) in [6.07, 6.45) is 51.0. The molecule has 0 aromatic carbocycles. The number of aliphatic carboxylic acids is 1. The SMILES string of the molecule is CC/C=C\C/C=C\C/C=C\C/C=C\C/C=C\CCCC(=O)OC1C(OCC(COC(=O)CCCCCCC/C=C\C/C=C\C/C=C\CC)OC(=O)CCCCCCCCCCCCC)OC(C(=O)O)C(O)C1O. The van der Waals surface area contributed by atoms with Gasteiger partial charge in [-0.1, -0.05) is 201 Å². The molecule has 0 radical (unpaired) electrons. The fourth-order valence-electron chi connectivity index (χ4n) is 7.89. The van der Waals surface area contributed by atoms with E-state index < -0.39 is 67.3 Å². The first-order chi connectivity index (χ1) is 35.6. The lowest BCUT2D eigenvalue weighted by atomic mass is 9.98. The van der Waals surface area contributed by atoms with Gasteiger partial charge in [0.15, 0.2) is 24.6 Å². The lowest BCUT2D eigenvalue weighted by Gasteiger charge is -2.40. The molecule has 1 fully saturated rings. The lowest BCUT2D eigenvalue weighted by Crippen LogP contribution is -2.61. The number of hydrogen-bond acceptors (Lipinski definition) is 11. The normalized spacial score (nSPS) is 19.1. The Labute approximate surface area is 441 Å². The van der Waals surface area contributed by atoms with Crippen molar-refractivity contribution in [3.63, 3.8) is 0 Å². The Morgan fingerprint density at radius 3 is 1.36 bits per heavy atom. The van der Waals surface area contributed by atoms with Gasteiger partial charge in [-0.05, 0) is 89.9 Å². The largest absolute Gasteiger partial charge is 0.479 e. The Morgan fingerprint density at radius 1 is 0.466 bits per heavy atom. The van der Waals surface area contributed by atoms with Crippen LogP contribution in [0.3, 0.4) is 0 Å². The molecule has 414 valence electrons. The summed E-state index contributed by atoms with van der Waals surface area (Å²) in [6, 6.07) is 0. The molecule has 0 aliphatic carbocycles. The predicted octanol–water partition coefficient (Wildman–Crippen LogP) is 14.1. The Kier molecular flexibility index (Phi) is 44.4. The van der Waals surface area contributed by atoms with Crippen molar-refractivity contribution in [2.75, 3.05) is 13.2 Å². The van der Waals surface area contributed by atoms with Crippen molar-refractivity contribution >= 4 is 23.9 Å². The van der Waals surface area contributed by atoms with Crippen LogP contribution in [0, 0.1) is 0 Å². The average Bonchev–Trinajstić information content (AvgIpc) is 3.37. The summed E-state index contributed by atoms with van der Waals surface area (Å²) in [4.78, 5) is 51.0. The number of aliphatic hydroxyl groups excluding tert-OH is 2. The number of unbranched alkanes of at least 4 members (excludes halogenated alkanes) is 16. The average molecular weight is 1020 g/mol.